The van der Waals surface area contributed by atoms with E-state index in [1.54, 1.807) is 54.6 Å². The van der Waals surface area contributed by atoms with E-state index >= 15 is 0 Å². The summed E-state index contributed by atoms with van der Waals surface area (Å²) in [7, 11) is -3.29. The van der Waals surface area contributed by atoms with Gasteiger partial charge in [0.2, 0.25) is 10.0 Å². The molecule has 3 aromatic rings. The number of halogens is 2. The topological polar surface area (TPSA) is 79.4 Å². The van der Waals surface area contributed by atoms with Crippen LogP contribution in [-0.2, 0) is 10.0 Å². The summed E-state index contributed by atoms with van der Waals surface area (Å²) in [6.45, 7) is 0.458. The highest BCUT2D eigenvalue weighted by Crippen LogP contribution is 2.30. The van der Waals surface area contributed by atoms with E-state index in [1.807, 2.05) is 0 Å². The van der Waals surface area contributed by atoms with Crippen molar-refractivity contribution in [3.05, 3.63) is 76.4 Å². The lowest BCUT2D eigenvalue weighted by atomic mass is 10.1. The molecule has 0 radical (unpaired) electrons. The van der Waals surface area contributed by atoms with Crippen LogP contribution in [0, 0.1) is 0 Å². The van der Waals surface area contributed by atoms with Crippen LogP contribution in [0.2, 0.25) is 10.0 Å². The number of anilines is 2. The van der Waals surface area contributed by atoms with Crippen LogP contribution in [0.3, 0.4) is 0 Å². The van der Waals surface area contributed by atoms with E-state index in [0.717, 1.165) is 6.42 Å². The third kappa shape index (κ3) is 4.84. The normalized spacial score (nSPS) is 15.5. The Morgan fingerprint density at radius 2 is 1.77 bits per heavy atom. The van der Waals surface area contributed by atoms with Gasteiger partial charge in [0.15, 0.2) is 0 Å². The maximum Gasteiger partial charge on any atom is 0.255 e. The molecule has 1 aromatic heterocycles. The molecule has 0 unspecified atom stereocenters. The van der Waals surface area contributed by atoms with Crippen LogP contribution < -0.4 is 9.62 Å². The highest BCUT2D eigenvalue weighted by molar-refractivity contribution is 7.92. The summed E-state index contributed by atoms with van der Waals surface area (Å²) in [6, 6.07) is 15.1. The first-order valence-corrected chi connectivity index (χ1v) is 12.0. The molecule has 2 heterocycles. The second-order valence-electron chi connectivity index (χ2n) is 7.15. The average molecular weight is 476 g/mol. The van der Waals surface area contributed by atoms with Crippen molar-refractivity contribution in [1.29, 1.82) is 0 Å². The molecule has 1 aliphatic heterocycles. The zero-order valence-electron chi connectivity index (χ0n) is 16.4. The summed E-state index contributed by atoms with van der Waals surface area (Å²) in [6.07, 6.45) is 3.03. The molecule has 31 heavy (non-hydrogen) atoms. The van der Waals surface area contributed by atoms with Crippen LogP contribution >= 0.6 is 23.2 Å². The number of aromatic nitrogens is 1. The minimum Gasteiger partial charge on any atom is -0.322 e. The Morgan fingerprint density at radius 3 is 2.45 bits per heavy atom. The van der Waals surface area contributed by atoms with Crippen LogP contribution in [0.1, 0.15) is 23.2 Å². The van der Waals surface area contributed by atoms with Crippen molar-refractivity contribution in [2.75, 3.05) is 21.9 Å². The Hall–Kier alpha value is -2.61. The molecule has 0 atom stereocenters. The third-order valence-corrected chi connectivity index (χ3v) is 7.42. The molecule has 0 saturated carbocycles. The first-order chi connectivity index (χ1) is 14.8. The van der Waals surface area contributed by atoms with Gasteiger partial charge in [-0.3, -0.25) is 14.1 Å². The predicted octanol–water partition coefficient (Wildman–Crippen LogP) is 5.24. The quantitative estimate of drug-likeness (QED) is 0.559. The second-order valence-corrected chi connectivity index (χ2v) is 10.0. The lowest BCUT2D eigenvalue weighted by Gasteiger charge is -2.28. The van der Waals surface area contributed by atoms with E-state index in [0.29, 0.717) is 51.2 Å². The van der Waals surface area contributed by atoms with E-state index < -0.39 is 10.0 Å². The monoisotopic (exact) mass is 475 g/mol. The van der Waals surface area contributed by atoms with Gasteiger partial charge in [-0.15, -0.1) is 0 Å². The molecule has 0 spiro atoms. The lowest BCUT2D eigenvalue weighted by Crippen LogP contribution is -2.37. The fourth-order valence-electron chi connectivity index (χ4n) is 3.40. The summed E-state index contributed by atoms with van der Waals surface area (Å²) in [4.78, 5) is 17.0. The Labute approximate surface area is 190 Å². The van der Waals surface area contributed by atoms with Crippen LogP contribution in [0.15, 0.2) is 60.8 Å². The number of sulfonamides is 1. The fourth-order valence-corrected chi connectivity index (χ4v) is 5.36. The number of nitrogens with one attached hydrogen (secondary N) is 1. The van der Waals surface area contributed by atoms with Gasteiger partial charge in [-0.25, -0.2) is 8.42 Å². The van der Waals surface area contributed by atoms with Gasteiger partial charge in [-0.1, -0.05) is 23.2 Å². The molecule has 1 fully saturated rings. The molecule has 9 heteroatoms. The number of benzene rings is 2. The number of amides is 1. The maximum absolute atomic E-state index is 12.7. The SMILES string of the molecule is O=C(Nc1ccc(Cl)c(-c2ccc(Cl)cn2)c1)c1ccc(N2CCCCS2(=O)=O)cc1. The lowest BCUT2D eigenvalue weighted by molar-refractivity contribution is 0.102. The number of nitrogens with zero attached hydrogens (tertiary/aromatic N) is 2. The Morgan fingerprint density at radius 1 is 1.00 bits per heavy atom. The summed E-state index contributed by atoms with van der Waals surface area (Å²) >= 11 is 12.2. The molecular formula is C22H19Cl2N3O3S. The highest BCUT2D eigenvalue weighted by atomic mass is 35.5. The summed E-state index contributed by atoms with van der Waals surface area (Å²) < 4.78 is 25.9. The smallest absolute Gasteiger partial charge is 0.255 e. The first kappa shape index (κ1) is 21.6. The predicted molar refractivity (Wildman–Crippen MR) is 124 cm³/mol. The van der Waals surface area contributed by atoms with Gasteiger partial charge in [0.25, 0.3) is 5.91 Å². The van der Waals surface area contributed by atoms with Crippen molar-refractivity contribution in [2.24, 2.45) is 0 Å². The van der Waals surface area contributed by atoms with E-state index in [2.05, 4.69) is 10.3 Å². The molecule has 0 bridgehead atoms. The number of carbonyl (C=O) groups excluding carboxylic acids is 1. The summed E-state index contributed by atoms with van der Waals surface area (Å²) in [5.41, 5.74) is 2.85. The standard InChI is InChI=1S/C22H19Cl2N3O3S/c23-16-5-10-21(25-14-16)19-13-17(6-9-20(19)24)26-22(28)15-3-7-18(8-4-15)27-11-1-2-12-31(27,29)30/h3-10,13-14H,1-2,11-12H2,(H,26,28). The van der Waals surface area contributed by atoms with Crippen molar-refractivity contribution >= 4 is 50.5 Å². The van der Waals surface area contributed by atoms with Crippen molar-refractivity contribution in [2.45, 2.75) is 12.8 Å². The highest BCUT2D eigenvalue weighted by Gasteiger charge is 2.26. The van der Waals surface area contributed by atoms with E-state index in [4.69, 9.17) is 23.2 Å². The number of carbonyl (C=O) groups is 1. The molecule has 160 valence electrons. The van der Waals surface area contributed by atoms with Crippen LogP contribution in [0.4, 0.5) is 11.4 Å². The van der Waals surface area contributed by atoms with Crippen LogP contribution in [-0.4, -0.2) is 31.6 Å². The second kappa shape index (κ2) is 8.86. The molecule has 1 aliphatic rings. The van der Waals surface area contributed by atoms with Crippen molar-refractivity contribution in [1.82, 2.24) is 4.98 Å². The molecule has 6 nitrogen and oxygen atoms in total. The molecule has 1 N–H and O–H groups in total. The number of pyridine rings is 1. The van der Waals surface area contributed by atoms with E-state index in [-0.39, 0.29) is 11.7 Å². The van der Waals surface area contributed by atoms with Crippen LogP contribution in [0.5, 0.6) is 0 Å². The van der Waals surface area contributed by atoms with Gasteiger partial charge in [0.1, 0.15) is 0 Å². The van der Waals surface area contributed by atoms with Gasteiger partial charge >= 0.3 is 0 Å². The number of rotatable bonds is 4. The molecule has 2 aromatic carbocycles. The fraction of sp³-hybridized carbons (Fsp3) is 0.182. The zero-order chi connectivity index (χ0) is 22.0. The third-order valence-electron chi connectivity index (χ3n) is 4.99. The number of hydrogen-bond donors (Lipinski definition) is 1. The Balaban J connectivity index is 1.52. The first-order valence-electron chi connectivity index (χ1n) is 9.67. The van der Waals surface area contributed by atoms with Gasteiger partial charge < -0.3 is 5.32 Å². The Bertz CT molecular complexity index is 1210. The molecular weight excluding hydrogens is 457 g/mol. The zero-order valence-corrected chi connectivity index (χ0v) is 18.7. The molecule has 4 rings (SSSR count). The maximum atomic E-state index is 12.7. The van der Waals surface area contributed by atoms with Gasteiger partial charge in [-0.2, -0.15) is 0 Å². The summed E-state index contributed by atoms with van der Waals surface area (Å²) in [5, 5.41) is 3.86. The summed E-state index contributed by atoms with van der Waals surface area (Å²) in [5.74, 6) is -0.165. The Kier molecular flexibility index (Phi) is 6.18. The van der Waals surface area contributed by atoms with Crippen molar-refractivity contribution in [3.8, 4) is 11.3 Å². The molecule has 1 saturated heterocycles. The van der Waals surface area contributed by atoms with Gasteiger partial charge in [0, 0.05) is 29.6 Å². The van der Waals surface area contributed by atoms with E-state index in [9.17, 15) is 13.2 Å². The largest absolute Gasteiger partial charge is 0.322 e. The van der Waals surface area contributed by atoms with Gasteiger partial charge in [-0.05, 0) is 67.4 Å². The molecule has 1 amide bonds. The van der Waals surface area contributed by atoms with Crippen molar-refractivity contribution in [3.63, 3.8) is 0 Å². The van der Waals surface area contributed by atoms with E-state index in [1.165, 1.54) is 10.5 Å². The molecule has 0 aliphatic carbocycles. The number of hydrogen-bond acceptors (Lipinski definition) is 4. The minimum absolute atomic E-state index is 0.149. The van der Waals surface area contributed by atoms with Gasteiger partial charge in [0.05, 0.1) is 27.2 Å². The van der Waals surface area contributed by atoms with Crippen molar-refractivity contribution < 1.29 is 13.2 Å². The average Bonchev–Trinajstić information content (AvgIpc) is 2.75. The van der Waals surface area contributed by atoms with Crippen LogP contribution in [0.25, 0.3) is 11.3 Å². The minimum atomic E-state index is -3.29.